The third-order valence-electron chi connectivity index (χ3n) is 2.14. The van der Waals surface area contributed by atoms with Gasteiger partial charge >= 0.3 is 17.4 Å². The molecule has 0 heterocycles. The van der Waals surface area contributed by atoms with Crippen molar-refractivity contribution in [3.8, 4) is 0 Å². The van der Waals surface area contributed by atoms with Gasteiger partial charge < -0.3 is 0 Å². The fraction of sp³-hybridized carbons (Fsp3) is 0.400. The van der Waals surface area contributed by atoms with Crippen LogP contribution < -0.4 is 5.90 Å². The van der Waals surface area contributed by atoms with E-state index in [0.29, 0.717) is 5.56 Å². The molecule has 0 fully saturated rings. The van der Waals surface area contributed by atoms with Crippen LogP contribution in [0.3, 0.4) is 0 Å². The van der Waals surface area contributed by atoms with Crippen molar-refractivity contribution >= 4 is 11.8 Å². The molecule has 10 heteroatoms. The average Bonchev–Trinajstić information content (AvgIpc) is 2.30. The Morgan fingerprint density at radius 1 is 0.950 bits per heavy atom. The molecule has 1 rings (SSSR count). The highest BCUT2D eigenvalue weighted by atomic mass is 32.2. The summed E-state index contributed by atoms with van der Waals surface area (Å²) in [6.07, 6.45) is -6.34. The molecule has 0 aliphatic carbocycles. The van der Waals surface area contributed by atoms with E-state index in [-0.39, 0.29) is 6.61 Å². The summed E-state index contributed by atoms with van der Waals surface area (Å²) >= 11 is -0.869. The predicted octanol–water partition coefficient (Wildman–Crippen LogP) is 3.96. The second-order valence-electron chi connectivity index (χ2n) is 3.65. The Bertz CT molecular complexity index is 446. The topological polar surface area (TPSA) is 35.2 Å². The van der Waals surface area contributed by atoms with Crippen molar-refractivity contribution in [2.45, 2.75) is 28.9 Å². The van der Waals surface area contributed by atoms with Gasteiger partial charge in [-0.1, -0.05) is 12.1 Å². The summed E-state index contributed by atoms with van der Waals surface area (Å²) in [5.41, 5.74) is 0.447. The molecule has 0 spiro atoms. The molecule has 0 radical (unpaired) electrons. The Labute approximate surface area is 113 Å². The van der Waals surface area contributed by atoms with Gasteiger partial charge in [0.05, 0.1) is 6.61 Å². The van der Waals surface area contributed by atoms with Crippen LogP contribution in [0.15, 0.2) is 29.2 Å². The van der Waals surface area contributed by atoms with E-state index in [1.165, 1.54) is 12.1 Å². The maximum Gasteiger partial charge on any atom is 0.460 e. The van der Waals surface area contributed by atoms with Crippen molar-refractivity contribution in [1.82, 2.24) is 0 Å². The Morgan fingerprint density at radius 3 is 1.85 bits per heavy atom. The van der Waals surface area contributed by atoms with Gasteiger partial charge in [-0.25, -0.2) is 5.90 Å². The lowest BCUT2D eigenvalue weighted by Crippen LogP contribution is -2.49. The van der Waals surface area contributed by atoms with Crippen molar-refractivity contribution in [2.24, 2.45) is 5.90 Å². The number of hydrogen-bond acceptors (Lipinski definition) is 3. The largest absolute Gasteiger partial charge is 0.460 e. The minimum Gasteiger partial charge on any atom is -0.300 e. The minimum absolute atomic E-state index is 0.0555. The molecule has 0 unspecified atom stereocenters. The van der Waals surface area contributed by atoms with Gasteiger partial charge in [-0.15, -0.1) is 0 Å². The van der Waals surface area contributed by atoms with Gasteiger partial charge in [0.25, 0.3) is 0 Å². The number of nitrogens with two attached hydrogens (primary N) is 1. The molecule has 0 aromatic heterocycles. The Morgan fingerprint density at radius 2 is 1.45 bits per heavy atom. The molecule has 0 aliphatic rings. The van der Waals surface area contributed by atoms with Gasteiger partial charge in [0.15, 0.2) is 0 Å². The Hall–Kier alpha value is -1.00. The van der Waals surface area contributed by atoms with Crippen LogP contribution in [0.5, 0.6) is 0 Å². The number of thioether (sulfide) groups is 1. The Kier molecular flexibility index (Phi) is 4.93. The van der Waals surface area contributed by atoms with E-state index in [4.69, 9.17) is 5.90 Å². The molecule has 0 atom stereocenters. The Balaban J connectivity index is 2.90. The van der Waals surface area contributed by atoms with E-state index in [0.717, 1.165) is 12.1 Å². The minimum atomic E-state index is -6.34. The van der Waals surface area contributed by atoms with Gasteiger partial charge in [-0.05, 0) is 29.5 Å². The first-order chi connectivity index (χ1) is 9.01. The molecule has 114 valence electrons. The second kappa shape index (κ2) is 5.78. The van der Waals surface area contributed by atoms with Crippen LogP contribution in [-0.2, 0) is 11.4 Å². The summed E-state index contributed by atoms with van der Waals surface area (Å²) in [6, 6.07) is 4.38. The molecule has 1 aromatic rings. The lowest BCUT2D eigenvalue weighted by molar-refractivity contribution is -0.330. The molecule has 1 aromatic carbocycles. The van der Waals surface area contributed by atoms with E-state index in [9.17, 15) is 30.7 Å². The smallest absolute Gasteiger partial charge is 0.300 e. The first-order valence-electron chi connectivity index (χ1n) is 4.93. The standard InChI is InChI=1S/C10H8F7NOS/c11-8(12,9(13,14)15)10(16,17)20-7-3-1-6(2-4-7)5-19-18/h1-4H,5,18H2. The third kappa shape index (κ3) is 3.55. The van der Waals surface area contributed by atoms with Gasteiger partial charge in [0, 0.05) is 4.90 Å². The highest BCUT2D eigenvalue weighted by Gasteiger charge is 2.73. The zero-order valence-corrected chi connectivity index (χ0v) is 10.4. The number of rotatable bonds is 5. The molecular formula is C10H8F7NOS. The first kappa shape index (κ1) is 17.1. The monoisotopic (exact) mass is 323 g/mol. The van der Waals surface area contributed by atoms with Crippen LogP contribution >= 0.6 is 11.8 Å². The maximum atomic E-state index is 13.1. The SMILES string of the molecule is NOCc1ccc(SC(F)(F)C(F)(F)C(F)(F)F)cc1. The molecule has 0 saturated carbocycles. The van der Waals surface area contributed by atoms with Crippen LogP contribution in [0, 0.1) is 0 Å². The van der Waals surface area contributed by atoms with Crippen LogP contribution in [0.25, 0.3) is 0 Å². The summed E-state index contributed by atoms with van der Waals surface area (Å²) < 4.78 is 87.3. The van der Waals surface area contributed by atoms with E-state index in [1.54, 1.807) is 0 Å². The summed E-state index contributed by atoms with van der Waals surface area (Å²) in [6.45, 7) is -0.0555. The highest BCUT2D eigenvalue weighted by Crippen LogP contribution is 2.53. The highest BCUT2D eigenvalue weighted by molar-refractivity contribution is 8.00. The van der Waals surface area contributed by atoms with Crippen molar-refractivity contribution < 1.29 is 35.6 Å². The molecule has 20 heavy (non-hydrogen) atoms. The first-order valence-corrected chi connectivity index (χ1v) is 5.75. The number of halogens is 7. The summed E-state index contributed by atoms with van der Waals surface area (Å²) in [4.78, 5) is 3.80. The number of hydrogen-bond donors (Lipinski definition) is 1. The van der Waals surface area contributed by atoms with Crippen molar-refractivity contribution in [2.75, 3.05) is 0 Å². The van der Waals surface area contributed by atoms with Gasteiger partial charge in [-0.3, -0.25) is 4.84 Å². The zero-order chi connectivity index (χ0) is 15.6. The van der Waals surface area contributed by atoms with Crippen molar-refractivity contribution in [3.05, 3.63) is 29.8 Å². The summed E-state index contributed by atoms with van der Waals surface area (Å²) in [7, 11) is 0. The number of alkyl halides is 7. The number of benzene rings is 1. The molecule has 0 saturated heterocycles. The van der Waals surface area contributed by atoms with Crippen molar-refractivity contribution in [1.29, 1.82) is 0 Å². The molecule has 2 N–H and O–H groups in total. The summed E-state index contributed by atoms with van der Waals surface area (Å²) in [5.74, 6) is -1.38. The van der Waals surface area contributed by atoms with Crippen LogP contribution in [0.1, 0.15) is 5.56 Å². The normalized spacial score (nSPS) is 13.6. The van der Waals surface area contributed by atoms with Crippen LogP contribution in [0.2, 0.25) is 0 Å². The average molecular weight is 323 g/mol. The van der Waals surface area contributed by atoms with Gasteiger partial charge in [0.2, 0.25) is 0 Å². The second-order valence-corrected chi connectivity index (χ2v) is 4.83. The van der Waals surface area contributed by atoms with Gasteiger partial charge in [-0.2, -0.15) is 30.7 Å². The van der Waals surface area contributed by atoms with Crippen LogP contribution in [0.4, 0.5) is 30.7 Å². The van der Waals surface area contributed by atoms with Crippen LogP contribution in [-0.4, -0.2) is 17.4 Å². The molecule has 0 amide bonds. The lowest BCUT2D eigenvalue weighted by Gasteiger charge is -2.27. The summed E-state index contributed by atoms with van der Waals surface area (Å²) in [5, 5.41) is -5.32. The quantitative estimate of drug-likeness (QED) is 0.506. The van der Waals surface area contributed by atoms with E-state index in [1.807, 2.05) is 0 Å². The van der Waals surface area contributed by atoms with Crippen molar-refractivity contribution in [3.63, 3.8) is 0 Å². The fourth-order valence-corrected chi connectivity index (χ4v) is 1.94. The van der Waals surface area contributed by atoms with E-state index < -0.39 is 34.0 Å². The third-order valence-corrected chi connectivity index (χ3v) is 3.16. The fourth-order valence-electron chi connectivity index (χ4n) is 1.13. The predicted molar refractivity (Wildman–Crippen MR) is 57.2 cm³/mol. The van der Waals surface area contributed by atoms with Gasteiger partial charge in [0.1, 0.15) is 0 Å². The molecule has 2 nitrogen and oxygen atoms in total. The lowest BCUT2D eigenvalue weighted by atomic mass is 10.2. The maximum absolute atomic E-state index is 13.1. The zero-order valence-electron chi connectivity index (χ0n) is 9.56. The molecular weight excluding hydrogens is 315 g/mol. The van der Waals surface area contributed by atoms with E-state index >= 15 is 0 Å². The molecule has 0 bridgehead atoms. The van der Waals surface area contributed by atoms with E-state index in [2.05, 4.69) is 4.84 Å². The molecule has 0 aliphatic heterocycles.